The number of carbonyl (C=O) groups excluding carboxylic acids is 1. The number of piperidine rings is 1. The molecule has 0 saturated carbocycles. The minimum absolute atomic E-state index is 0.348. The second kappa shape index (κ2) is 5.67. The van der Waals surface area contributed by atoms with Crippen molar-refractivity contribution in [2.45, 2.75) is 31.7 Å². The molecule has 1 saturated heterocycles. The first kappa shape index (κ1) is 15.2. The van der Waals surface area contributed by atoms with Crippen LogP contribution in [0.4, 0.5) is 4.39 Å². The first-order chi connectivity index (χ1) is 9.36. The Hall–Kier alpha value is -1.18. The largest absolute Gasteiger partial charge is 0.480 e. The number of carbonyl (C=O) groups is 2. The molecule has 1 aromatic rings. The van der Waals surface area contributed by atoms with Crippen LogP contribution in [0.1, 0.15) is 36.5 Å². The van der Waals surface area contributed by atoms with E-state index in [0.29, 0.717) is 22.1 Å². The maximum atomic E-state index is 13.1. The lowest BCUT2D eigenvalue weighted by Gasteiger charge is -2.41. The molecule has 0 radical (unpaired) electrons. The van der Waals surface area contributed by atoms with E-state index in [0.717, 1.165) is 12.8 Å². The molecule has 1 aliphatic heterocycles. The zero-order valence-electron chi connectivity index (χ0n) is 11.0. The average molecular weight is 391 g/mol. The fourth-order valence-corrected chi connectivity index (χ4v) is 3.19. The Kier molecular flexibility index (Phi) is 4.31. The second-order valence-electron chi connectivity index (χ2n) is 5.12. The monoisotopic (exact) mass is 391 g/mol. The summed E-state index contributed by atoms with van der Waals surface area (Å²) in [6, 6.07) is 3.91. The lowest BCUT2D eigenvalue weighted by atomic mass is 9.88. The summed E-state index contributed by atoms with van der Waals surface area (Å²) in [7, 11) is 0. The number of amides is 1. The van der Waals surface area contributed by atoms with Crippen LogP contribution >= 0.6 is 22.6 Å². The highest BCUT2D eigenvalue weighted by molar-refractivity contribution is 14.1. The third-order valence-corrected chi connectivity index (χ3v) is 4.65. The summed E-state index contributed by atoms with van der Waals surface area (Å²) in [6.45, 7) is 1.98. The Bertz CT molecular complexity index is 563. The number of hydrogen-bond acceptors (Lipinski definition) is 2. The fraction of sp³-hybridized carbons (Fsp3) is 0.429. The molecular formula is C14H15FINO3. The van der Waals surface area contributed by atoms with E-state index >= 15 is 0 Å². The maximum absolute atomic E-state index is 13.1. The maximum Gasteiger partial charge on any atom is 0.329 e. The van der Waals surface area contributed by atoms with Crippen molar-refractivity contribution in [2.75, 3.05) is 6.54 Å². The van der Waals surface area contributed by atoms with Crippen molar-refractivity contribution in [2.24, 2.45) is 0 Å². The van der Waals surface area contributed by atoms with Crippen LogP contribution in [0.15, 0.2) is 18.2 Å². The van der Waals surface area contributed by atoms with Crippen molar-refractivity contribution in [3.63, 3.8) is 0 Å². The number of nitrogens with zero attached hydrogens (tertiary/aromatic N) is 1. The molecule has 6 heteroatoms. The van der Waals surface area contributed by atoms with Crippen LogP contribution < -0.4 is 0 Å². The predicted octanol–water partition coefficient (Wildman–Crippen LogP) is 2.90. The fourth-order valence-electron chi connectivity index (χ4n) is 2.48. The molecule has 1 aromatic carbocycles. The Morgan fingerprint density at radius 1 is 1.40 bits per heavy atom. The number of benzene rings is 1. The van der Waals surface area contributed by atoms with Gasteiger partial charge in [0.25, 0.3) is 5.91 Å². The first-order valence-electron chi connectivity index (χ1n) is 6.36. The molecule has 0 spiro atoms. The number of halogens is 2. The summed E-state index contributed by atoms with van der Waals surface area (Å²) >= 11 is 1.89. The Balaban J connectivity index is 2.37. The van der Waals surface area contributed by atoms with Crippen LogP contribution in [0.2, 0.25) is 0 Å². The molecule has 2 rings (SSSR count). The van der Waals surface area contributed by atoms with E-state index < -0.39 is 17.3 Å². The standard InChI is InChI=1S/C14H15FINO3/c1-14(13(19)20)6-2-3-7-17(14)12(18)10-5-4-9(15)8-11(10)16/h4-5,8H,2-3,6-7H2,1H3,(H,19,20). The van der Waals surface area contributed by atoms with Gasteiger partial charge in [0.05, 0.1) is 5.56 Å². The van der Waals surface area contributed by atoms with Crippen molar-refractivity contribution in [3.05, 3.63) is 33.1 Å². The second-order valence-corrected chi connectivity index (χ2v) is 6.28. The van der Waals surface area contributed by atoms with E-state index in [9.17, 15) is 19.1 Å². The van der Waals surface area contributed by atoms with Crippen LogP contribution in [-0.4, -0.2) is 34.0 Å². The van der Waals surface area contributed by atoms with Gasteiger partial charge in [0.15, 0.2) is 0 Å². The predicted molar refractivity (Wildman–Crippen MR) is 80.0 cm³/mol. The van der Waals surface area contributed by atoms with Crippen molar-refractivity contribution in [1.82, 2.24) is 4.90 Å². The van der Waals surface area contributed by atoms with Gasteiger partial charge in [0, 0.05) is 10.1 Å². The van der Waals surface area contributed by atoms with Crippen LogP contribution in [0.5, 0.6) is 0 Å². The molecule has 1 unspecified atom stereocenters. The van der Waals surface area contributed by atoms with Crippen molar-refractivity contribution < 1.29 is 19.1 Å². The molecule has 1 amide bonds. The molecule has 0 bridgehead atoms. The molecule has 1 atom stereocenters. The highest BCUT2D eigenvalue weighted by Gasteiger charge is 2.44. The normalized spacial score (nSPS) is 22.6. The summed E-state index contributed by atoms with van der Waals surface area (Å²) in [5.41, 5.74) is -0.839. The van der Waals surface area contributed by atoms with Gasteiger partial charge < -0.3 is 10.0 Å². The lowest BCUT2D eigenvalue weighted by molar-refractivity contribution is -0.150. The number of hydrogen-bond donors (Lipinski definition) is 1. The van der Waals surface area contributed by atoms with E-state index in [2.05, 4.69) is 0 Å². The zero-order chi connectivity index (χ0) is 14.9. The van der Waals surface area contributed by atoms with E-state index in [-0.39, 0.29) is 5.91 Å². The molecule has 1 fully saturated rings. The van der Waals surface area contributed by atoms with Gasteiger partial charge in [-0.25, -0.2) is 9.18 Å². The van der Waals surface area contributed by atoms with E-state index in [1.165, 1.54) is 23.1 Å². The Morgan fingerprint density at radius 3 is 2.70 bits per heavy atom. The zero-order valence-corrected chi connectivity index (χ0v) is 13.2. The number of carboxylic acid groups (broad SMARTS) is 1. The molecule has 1 aliphatic rings. The van der Waals surface area contributed by atoms with E-state index in [1.807, 2.05) is 22.6 Å². The van der Waals surface area contributed by atoms with Crippen molar-refractivity contribution in [1.29, 1.82) is 0 Å². The minimum Gasteiger partial charge on any atom is -0.480 e. The van der Waals surface area contributed by atoms with E-state index in [1.54, 1.807) is 6.92 Å². The van der Waals surface area contributed by atoms with Crippen LogP contribution in [-0.2, 0) is 4.79 Å². The molecule has 0 aromatic heterocycles. The topological polar surface area (TPSA) is 57.6 Å². The highest BCUT2D eigenvalue weighted by atomic mass is 127. The Morgan fingerprint density at radius 2 is 2.10 bits per heavy atom. The summed E-state index contributed by atoms with van der Waals surface area (Å²) in [5.74, 6) is -1.76. The number of aliphatic carboxylic acids is 1. The van der Waals surface area contributed by atoms with Gasteiger partial charge in [-0.05, 0) is 67.0 Å². The summed E-state index contributed by atoms with van der Waals surface area (Å²) in [6.07, 6.45) is 2.01. The SMILES string of the molecule is CC1(C(=O)O)CCCCN1C(=O)c1ccc(F)cc1I. The number of likely N-dealkylation sites (tertiary alicyclic amines) is 1. The van der Waals surface area contributed by atoms with Crippen LogP contribution in [0.25, 0.3) is 0 Å². The van der Waals surface area contributed by atoms with Crippen LogP contribution in [0.3, 0.4) is 0 Å². The smallest absolute Gasteiger partial charge is 0.329 e. The van der Waals surface area contributed by atoms with Gasteiger partial charge in [-0.2, -0.15) is 0 Å². The third kappa shape index (κ3) is 2.65. The van der Waals surface area contributed by atoms with Gasteiger partial charge in [0.1, 0.15) is 11.4 Å². The third-order valence-electron chi connectivity index (χ3n) is 3.76. The lowest BCUT2D eigenvalue weighted by Crippen LogP contribution is -2.57. The first-order valence-corrected chi connectivity index (χ1v) is 7.44. The van der Waals surface area contributed by atoms with E-state index in [4.69, 9.17) is 0 Å². The number of carboxylic acids is 1. The van der Waals surface area contributed by atoms with Crippen LogP contribution in [0, 0.1) is 9.39 Å². The van der Waals surface area contributed by atoms with Gasteiger partial charge in [-0.15, -0.1) is 0 Å². The Labute approximate surface area is 130 Å². The molecule has 4 nitrogen and oxygen atoms in total. The quantitative estimate of drug-likeness (QED) is 0.789. The summed E-state index contributed by atoms with van der Waals surface area (Å²) < 4.78 is 13.6. The molecule has 0 aliphatic carbocycles. The molecular weight excluding hydrogens is 376 g/mol. The van der Waals surface area contributed by atoms with Crippen molar-refractivity contribution in [3.8, 4) is 0 Å². The van der Waals surface area contributed by atoms with Gasteiger partial charge >= 0.3 is 5.97 Å². The van der Waals surface area contributed by atoms with Crippen molar-refractivity contribution >= 4 is 34.5 Å². The van der Waals surface area contributed by atoms with Gasteiger partial charge in [-0.3, -0.25) is 4.79 Å². The summed E-state index contributed by atoms with van der Waals surface area (Å²) in [5, 5.41) is 9.42. The minimum atomic E-state index is -1.19. The highest BCUT2D eigenvalue weighted by Crippen LogP contribution is 2.30. The van der Waals surface area contributed by atoms with Gasteiger partial charge in [0.2, 0.25) is 0 Å². The average Bonchev–Trinajstić information content (AvgIpc) is 2.38. The molecule has 1 N–H and O–H groups in total. The molecule has 20 heavy (non-hydrogen) atoms. The summed E-state index contributed by atoms with van der Waals surface area (Å²) in [4.78, 5) is 25.5. The molecule has 1 heterocycles. The number of rotatable bonds is 2. The molecule has 108 valence electrons. The van der Waals surface area contributed by atoms with Gasteiger partial charge in [-0.1, -0.05) is 0 Å².